The number of carbonyl (C=O) groups excluding carboxylic acids is 1. The molecule has 0 aromatic carbocycles. The van der Waals surface area contributed by atoms with E-state index in [9.17, 15) is 13.2 Å². The molecule has 0 N–H and O–H groups in total. The van der Waals surface area contributed by atoms with Gasteiger partial charge in [-0.05, 0) is 18.4 Å². The van der Waals surface area contributed by atoms with Crippen LogP contribution in [-0.4, -0.2) is 73.9 Å². The molecule has 1 aromatic heterocycles. The molecule has 6 nitrogen and oxygen atoms in total. The molecule has 1 amide bonds. The summed E-state index contributed by atoms with van der Waals surface area (Å²) in [6, 6.07) is 1.55. The summed E-state index contributed by atoms with van der Waals surface area (Å²) >= 11 is 2.95. The standard InChI is InChI=1S/C14H20N2O4S3/c1-11-10-15(3-6-20-11)14(17)13-12(2-7-22-13)23(18,19)16-4-8-21-9-5-16/h2,7,11H,3-6,8-10H2,1H3. The molecule has 0 spiro atoms. The van der Waals surface area contributed by atoms with Gasteiger partial charge in [-0.25, -0.2) is 8.42 Å². The summed E-state index contributed by atoms with van der Waals surface area (Å²) < 4.78 is 32.6. The number of rotatable bonds is 3. The SMILES string of the molecule is CC1CN(C(=O)c2sccc2S(=O)(=O)N2CCSCC2)CCO1. The quantitative estimate of drug-likeness (QED) is 0.797. The van der Waals surface area contributed by atoms with Gasteiger partial charge in [0, 0.05) is 37.7 Å². The number of ether oxygens (including phenoxy) is 1. The minimum absolute atomic E-state index is 0.0214. The summed E-state index contributed by atoms with van der Waals surface area (Å²) in [6.45, 7) is 4.41. The Morgan fingerprint density at radius 3 is 2.74 bits per heavy atom. The molecule has 1 atom stereocenters. The first kappa shape index (κ1) is 17.2. The topological polar surface area (TPSA) is 66.9 Å². The fourth-order valence-corrected chi connectivity index (χ4v) is 6.67. The maximum atomic E-state index is 12.8. The van der Waals surface area contributed by atoms with Crippen LogP contribution in [-0.2, 0) is 14.8 Å². The third-order valence-corrected chi connectivity index (χ3v) is 7.85. The highest BCUT2D eigenvalue weighted by atomic mass is 32.2. The first-order chi connectivity index (χ1) is 11.0. The number of hydrogen-bond donors (Lipinski definition) is 0. The molecular formula is C14H20N2O4S3. The zero-order chi connectivity index (χ0) is 16.4. The van der Waals surface area contributed by atoms with Gasteiger partial charge in [0.2, 0.25) is 10.0 Å². The number of carbonyl (C=O) groups is 1. The van der Waals surface area contributed by atoms with Crippen LogP contribution in [0.15, 0.2) is 16.3 Å². The Bertz CT molecular complexity index is 667. The molecule has 0 bridgehead atoms. The van der Waals surface area contributed by atoms with Crippen molar-refractivity contribution >= 4 is 39.0 Å². The van der Waals surface area contributed by atoms with Gasteiger partial charge in [-0.2, -0.15) is 16.1 Å². The zero-order valence-corrected chi connectivity index (χ0v) is 15.4. The Morgan fingerprint density at radius 1 is 1.30 bits per heavy atom. The van der Waals surface area contributed by atoms with Gasteiger partial charge in [-0.15, -0.1) is 11.3 Å². The lowest BCUT2D eigenvalue weighted by atomic mass is 10.3. The van der Waals surface area contributed by atoms with Crippen LogP contribution in [0.4, 0.5) is 0 Å². The molecule has 2 aliphatic heterocycles. The van der Waals surface area contributed by atoms with Crippen LogP contribution >= 0.6 is 23.1 Å². The molecule has 0 aliphatic carbocycles. The molecule has 2 fully saturated rings. The Hall–Kier alpha value is -0.610. The van der Waals surface area contributed by atoms with Gasteiger partial charge in [0.25, 0.3) is 5.91 Å². The van der Waals surface area contributed by atoms with E-state index in [1.54, 1.807) is 28.1 Å². The van der Waals surface area contributed by atoms with E-state index >= 15 is 0 Å². The molecule has 2 saturated heterocycles. The van der Waals surface area contributed by atoms with E-state index in [0.29, 0.717) is 37.7 Å². The number of amides is 1. The molecule has 9 heteroatoms. The maximum absolute atomic E-state index is 12.8. The Labute approximate surface area is 144 Å². The number of sulfonamides is 1. The van der Waals surface area contributed by atoms with Gasteiger partial charge < -0.3 is 9.64 Å². The van der Waals surface area contributed by atoms with Crippen molar-refractivity contribution in [2.24, 2.45) is 0 Å². The Kier molecular flexibility index (Phi) is 5.32. The van der Waals surface area contributed by atoms with Crippen LogP contribution in [0.25, 0.3) is 0 Å². The predicted molar refractivity (Wildman–Crippen MR) is 91.7 cm³/mol. The van der Waals surface area contributed by atoms with E-state index in [-0.39, 0.29) is 16.9 Å². The summed E-state index contributed by atoms with van der Waals surface area (Å²) in [6.07, 6.45) is -0.0214. The van der Waals surface area contributed by atoms with Gasteiger partial charge in [0.05, 0.1) is 12.7 Å². The van der Waals surface area contributed by atoms with Crippen molar-refractivity contribution in [2.75, 3.05) is 44.3 Å². The molecular weight excluding hydrogens is 356 g/mol. The molecule has 3 heterocycles. The summed E-state index contributed by atoms with van der Waals surface area (Å²) in [5.74, 6) is 1.39. The van der Waals surface area contributed by atoms with E-state index in [4.69, 9.17) is 4.74 Å². The molecule has 23 heavy (non-hydrogen) atoms. The van der Waals surface area contributed by atoms with Crippen molar-refractivity contribution in [3.8, 4) is 0 Å². The van der Waals surface area contributed by atoms with Crippen LogP contribution in [0.3, 0.4) is 0 Å². The van der Waals surface area contributed by atoms with E-state index in [2.05, 4.69) is 0 Å². The van der Waals surface area contributed by atoms with Crippen molar-refractivity contribution < 1.29 is 17.9 Å². The number of nitrogens with zero attached hydrogens (tertiary/aromatic N) is 2. The second-order valence-corrected chi connectivity index (χ2v) is 9.61. The fourth-order valence-electron chi connectivity index (χ4n) is 2.73. The molecule has 3 rings (SSSR count). The zero-order valence-electron chi connectivity index (χ0n) is 12.9. The first-order valence-corrected chi connectivity index (χ1v) is 11.0. The average molecular weight is 377 g/mol. The van der Waals surface area contributed by atoms with Crippen molar-refractivity contribution in [3.63, 3.8) is 0 Å². The third kappa shape index (κ3) is 3.58. The third-order valence-electron chi connectivity index (χ3n) is 3.94. The van der Waals surface area contributed by atoms with E-state index in [1.807, 2.05) is 6.92 Å². The van der Waals surface area contributed by atoms with Crippen LogP contribution in [0.1, 0.15) is 16.6 Å². The summed E-state index contributed by atoms with van der Waals surface area (Å²) in [7, 11) is -3.59. The van der Waals surface area contributed by atoms with Crippen LogP contribution in [0.2, 0.25) is 0 Å². The smallest absolute Gasteiger partial charge is 0.265 e. The molecule has 1 aromatic rings. The van der Waals surface area contributed by atoms with Gasteiger partial charge >= 0.3 is 0 Å². The summed E-state index contributed by atoms with van der Waals surface area (Å²) in [5, 5.41) is 1.68. The summed E-state index contributed by atoms with van der Waals surface area (Å²) in [5.41, 5.74) is 0. The normalized spacial score (nSPS) is 23.9. The monoisotopic (exact) mass is 376 g/mol. The average Bonchev–Trinajstić information content (AvgIpc) is 3.05. The highest BCUT2D eigenvalue weighted by Gasteiger charge is 2.33. The number of hydrogen-bond acceptors (Lipinski definition) is 6. The molecule has 0 radical (unpaired) electrons. The van der Waals surface area contributed by atoms with Gasteiger partial charge in [0.1, 0.15) is 9.77 Å². The second kappa shape index (κ2) is 7.10. The van der Waals surface area contributed by atoms with Crippen molar-refractivity contribution in [1.29, 1.82) is 0 Å². The van der Waals surface area contributed by atoms with E-state index < -0.39 is 10.0 Å². The summed E-state index contributed by atoms with van der Waals surface area (Å²) in [4.78, 5) is 14.9. The van der Waals surface area contributed by atoms with Gasteiger partial charge in [0.15, 0.2) is 0 Å². The van der Waals surface area contributed by atoms with E-state index in [1.165, 1.54) is 15.6 Å². The van der Waals surface area contributed by atoms with Crippen LogP contribution in [0.5, 0.6) is 0 Å². The Balaban J connectivity index is 1.85. The molecule has 1 unspecified atom stereocenters. The minimum atomic E-state index is -3.59. The number of morpholine rings is 1. The van der Waals surface area contributed by atoms with Crippen LogP contribution < -0.4 is 0 Å². The molecule has 0 saturated carbocycles. The van der Waals surface area contributed by atoms with Gasteiger partial charge in [-0.3, -0.25) is 4.79 Å². The molecule has 128 valence electrons. The highest BCUT2D eigenvalue weighted by Crippen LogP contribution is 2.28. The highest BCUT2D eigenvalue weighted by molar-refractivity contribution is 7.99. The number of thiophene rings is 1. The lowest BCUT2D eigenvalue weighted by molar-refractivity contribution is -0.0123. The first-order valence-electron chi connectivity index (χ1n) is 7.56. The lowest BCUT2D eigenvalue weighted by Crippen LogP contribution is -2.45. The second-order valence-electron chi connectivity index (χ2n) is 5.56. The largest absolute Gasteiger partial charge is 0.375 e. The van der Waals surface area contributed by atoms with Crippen molar-refractivity contribution in [1.82, 2.24) is 9.21 Å². The maximum Gasteiger partial charge on any atom is 0.265 e. The lowest BCUT2D eigenvalue weighted by Gasteiger charge is -2.31. The van der Waals surface area contributed by atoms with Crippen molar-refractivity contribution in [3.05, 3.63) is 16.3 Å². The number of thioether (sulfide) groups is 1. The fraction of sp³-hybridized carbons (Fsp3) is 0.643. The van der Waals surface area contributed by atoms with Crippen molar-refractivity contribution in [2.45, 2.75) is 17.9 Å². The van der Waals surface area contributed by atoms with Gasteiger partial charge in [-0.1, -0.05) is 0 Å². The predicted octanol–water partition coefficient (Wildman–Crippen LogP) is 1.35. The van der Waals surface area contributed by atoms with Crippen LogP contribution in [0, 0.1) is 0 Å². The minimum Gasteiger partial charge on any atom is -0.375 e. The Morgan fingerprint density at radius 2 is 2.04 bits per heavy atom. The molecule has 2 aliphatic rings. The van der Waals surface area contributed by atoms with E-state index in [0.717, 1.165) is 11.5 Å².